The number of alkyl halides is 1. The topological polar surface area (TPSA) is 37.4 Å². The zero-order valence-electron chi connectivity index (χ0n) is 11.9. The maximum atomic E-state index is 12.4. The summed E-state index contributed by atoms with van der Waals surface area (Å²) in [5.74, 6) is 0.379. The molecule has 0 amide bonds. The minimum atomic E-state index is -3.44. The second-order valence-corrected chi connectivity index (χ2v) is 7.15. The molecule has 3 nitrogen and oxygen atoms in total. The Labute approximate surface area is 131 Å². The van der Waals surface area contributed by atoms with Gasteiger partial charge in [0.1, 0.15) is 0 Å². The zero-order valence-corrected chi connectivity index (χ0v) is 13.4. The Hall–Kier alpha value is -1.36. The van der Waals surface area contributed by atoms with Crippen LogP contribution < -0.4 is 0 Å². The van der Waals surface area contributed by atoms with Crippen molar-refractivity contribution in [3.8, 4) is 0 Å². The van der Waals surface area contributed by atoms with E-state index < -0.39 is 10.0 Å². The summed E-state index contributed by atoms with van der Waals surface area (Å²) in [5, 5.41) is 0. The van der Waals surface area contributed by atoms with Gasteiger partial charge in [0.25, 0.3) is 0 Å². The molecule has 0 bridgehead atoms. The van der Waals surface area contributed by atoms with E-state index >= 15 is 0 Å². The van der Waals surface area contributed by atoms with Gasteiger partial charge in [0.2, 0.25) is 10.0 Å². The maximum absolute atomic E-state index is 12.4. The molecule has 0 fully saturated rings. The van der Waals surface area contributed by atoms with Gasteiger partial charge in [0.15, 0.2) is 0 Å². The SMILES string of the molecule is CN(CCc1ccccc1)S(=O)(=O)c1ccc(CCl)cc1. The highest BCUT2D eigenvalue weighted by Crippen LogP contribution is 2.16. The van der Waals surface area contributed by atoms with E-state index in [-0.39, 0.29) is 0 Å². The summed E-state index contributed by atoms with van der Waals surface area (Å²) in [5.41, 5.74) is 2.03. The molecule has 0 aliphatic rings. The predicted molar refractivity (Wildman–Crippen MR) is 86.0 cm³/mol. The second-order valence-electron chi connectivity index (χ2n) is 4.84. The van der Waals surface area contributed by atoms with Crippen LogP contribution in [0.5, 0.6) is 0 Å². The Bertz CT molecular complexity index is 669. The van der Waals surface area contributed by atoms with Crippen molar-refractivity contribution in [2.45, 2.75) is 17.2 Å². The lowest BCUT2D eigenvalue weighted by atomic mass is 10.2. The summed E-state index contributed by atoms with van der Waals surface area (Å²) in [6.45, 7) is 0.448. The lowest BCUT2D eigenvalue weighted by Crippen LogP contribution is -2.29. The third-order valence-electron chi connectivity index (χ3n) is 3.34. The molecule has 0 aromatic heterocycles. The number of likely N-dealkylation sites (N-methyl/N-ethyl adjacent to an activating group) is 1. The highest BCUT2D eigenvalue weighted by molar-refractivity contribution is 7.89. The molecule has 0 aliphatic heterocycles. The molecule has 2 rings (SSSR count). The van der Waals surface area contributed by atoms with Gasteiger partial charge in [-0.25, -0.2) is 12.7 Å². The van der Waals surface area contributed by atoms with E-state index in [1.165, 1.54) is 4.31 Å². The predicted octanol–water partition coefficient (Wildman–Crippen LogP) is 3.29. The van der Waals surface area contributed by atoms with E-state index in [1.54, 1.807) is 31.3 Å². The third kappa shape index (κ3) is 4.06. The van der Waals surface area contributed by atoms with Gasteiger partial charge in [-0.15, -0.1) is 11.6 Å². The average molecular weight is 324 g/mol. The molecular formula is C16H18ClNO2S. The second kappa shape index (κ2) is 7.07. The molecule has 0 spiro atoms. The molecule has 0 saturated carbocycles. The van der Waals surface area contributed by atoms with Crippen molar-refractivity contribution in [2.75, 3.05) is 13.6 Å². The van der Waals surface area contributed by atoms with Crippen molar-refractivity contribution in [2.24, 2.45) is 0 Å². The van der Waals surface area contributed by atoms with Crippen molar-refractivity contribution in [3.05, 3.63) is 65.7 Å². The minimum Gasteiger partial charge on any atom is -0.207 e. The fraction of sp³-hybridized carbons (Fsp3) is 0.250. The van der Waals surface area contributed by atoms with Gasteiger partial charge in [0.05, 0.1) is 4.90 Å². The van der Waals surface area contributed by atoms with Gasteiger partial charge in [-0.05, 0) is 29.7 Å². The molecule has 0 atom stereocenters. The first-order valence-corrected chi connectivity index (χ1v) is 8.66. The molecule has 5 heteroatoms. The standard InChI is InChI=1S/C16H18ClNO2S/c1-18(12-11-14-5-3-2-4-6-14)21(19,20)16-9-7-15(13-17)8-10-16/h2-10H,11-13H2,1H3. The van der Waals surface area contributed by atoms with E-state index in [0.717, 1.165) is 11.1 Å². The van der Waals surface area contributed by atoms with Crippen molar-refractivity contribution >= 4 is 21.6 Å². The number of hydrogen-bond donors (Lipinski definition) is 0. The van der Waals surface area contributed by atoms with Crippen LogP contribution in [0.15, 0.2) is 59.5 Å². The Kier molecular flexibility index (Phi) is 5.39. The van der Waals surface area contributed by atoms with Crippen LogP contribution in [-0.2, 0) is 22.3 Å². The van der Waals surface area contributed by atoms with Crippen LogP contribution in [0.4, 0.5) is 0 Å². The van der Waals surface area contributed by atoms with Gasteiger partial charge in [0, 0.05) is 19.5 Å². The van der Waals surface area contributed by atoms with Crippen molar-refractivity contribution in [1.82, 2.24) is 4.31 Å². The van der Waals surface area contributed by atoms with Crippen molar-refractivity contribution < 1.29 is 8.42 Å². The van der Waals surface area contributed by atoms with Crippen LogP contribution in [-0.4, -0.2) is 26.3 Å². The molecule has 2 aromatic carbocycles. The number of hydrogen-bond acceptors (Lipinski definition) is 2. The summed E-state index contributed by atoms with van der Waals surface area (Å²) in [6.07, 6.45) is 0.691. The lowest BCUT2D eigenvalue weighted by Gasteiger charge is -2.17. The Morgan fingerprint density at radius 2 is 1.57 bits per heavy atom. The number of halogens is 1. The number of nitrogens with zero attached hydrogens (tertiary/aromatic N) is 1. The van der Waals surface area contributed by atoms with E-state index in [9.17, 15) is 8.42 Å². The third-order valence-corrected chi connectivity index (χ3v) is 5.52. The van der Waals surface area contributed by atoms with E-state index in [0.29, 0.717) is 23.7 Å². The first-order chi connectivity index (χ1) is 10.0. The van der Waals surface area contributed by atoms with Crippen LogP contribution >= 0.6 is 11.6 Å². The van der Waals surface area contributed by atoms with Crippen LogP contribution in [0, 0.1) is 0 Å². The lowest BCUT2D eigenvalue weighted by molar-refractivity contribution is 0.472. The molecular weight excluding hydrogens is 306 g/mol. The summed E-state index contributed by atoms with van der Waals surface area (Å²) >= 11 is 5.71. The minimum absolute atomic E-state index is 0.298. The quantitative estimate of drug-likeness (QED) is 0.765. The summed E-state index contributed by atoms with van der Waals surface area (Å²) in [7, 11) is -1.84. The van der Waals surface area contributed by atoms with Crippen LogP contribution in [0.25, 0.3) is 0 Å². The van der Waals surface area contributed by atoms with Gasteiger partial charge in [-0.3, -0.25) is 0 Å². The van der Waals surface area contributed by atoms with E-state index in [4.69, 9.17) is 11.6 Å². The Morgan fingerprint density at radius 3 is 2.14 bits per heavy atom. The number of benzene rings is 2. The molecule has 0 N–H and O–H groups in total. The number of rotatable bonds is 6. The van der Waals surface area contributed by atoms with E-state index in [2.05, 4.69) is 0 Å². The molecule has 0 aliphatic carbocycles. The monoisotopic (exact) mass is 323 g/mol. The van der Waals surface area contributed by atoms with Crippen LogP contribution in [0.2, 0.25) is 0 Å². The Morgan fingerprint density at radius 1 is 0.952 bits per heavy atom. The fourth-order valence-electron chi connectivity index (χ4n) is 1.98. The zero-order chi connectivity index (χ0) is 15.3. The smallest absolute Gasteiger partial charge is 0.207 e. The average Bonchev–Trinajstić information content (AvgIpc) is 2.53. The van der Waals surface area contributed by atoms with Gasteiger partial charge in [-0.2, -0.15) is 0 Å². The van der Waals surface area contributed by atoms with Crippen molar-refractivity contribution in [1.29, 1.82) is 0 Å². The fourth-order valence-corrected chi connectivity index (χ4v) is 3.33. The highest BCUT2D eigenvalue weighted by Gasteiger charge is 2.20. The Balaban J connectivity index is 2.07. The molecule has 0 unspecified atom stereocenters. The van der Waals surface area contributed by atoms with Gasteiger partial charge in [-0.1, -0.05) is 42.5 Å². The van der Waals surface area contributed by atoms with Gasteiger partial charge < -0.3 is 0 Å². The maximum Gasteiger partial charge on any atom is 0.242 e. The largest absolute Gasteiger partial charge is 0.242 e. The molecule has 0 radical (unpaired) electrons. The normalized spacial score (nSPS) is 11.8. The van der Waals surface area contributed by atoms with Crippen molar-refractivity contribution in [3.63, 3.8) is 0 Å². The molecule has 112 valence electrons. The first-order valence-electron chi connectivity index (χ1n) is 6.69. The summed E-state index contributed by atoms with van der Waals surface area (Å²) in [6, 6.07) is 16.5. The van der Waals surface area contributed by atoms with E-state index in [1.807, 2.05) is 30.3 Å². The van der Waals surface area contributed by atoms with Crippen LogP contribution in [0.3, 0.4) is 0 Å². The van der Waals surface area contributed by atoms with Crippen LogP contribution in [0.1, 0.15) is 11.1 Å². The molecule has 0 heterocycles. The van der Waals surface area contributed by atoms with Gasteiger partial charge >= 0.3 is 0 Å². The highest BCUT2D eigenvalue weighted by atomic mass is 35.5. The number of sulfonamides is 1. The molecule has 2 aromatic rings. The molecule has 0 saturated heterocycles. The summed E-state index contributed by atoms with van der Waals surface area (Å²) < 4.78 is 26.3. The molecule has 21 heavy (non-hydrogen) atoms. The summed E-state index contributed by atoms with van der Waals surface area (Å²) in [4.78, 5) is 0.298. The first kappa shape index (κ1) is 16.0.